The standard InChI is InChI=1S/C12H19N3O4S/c1-2-3-4-5-8-14-20(18,19)10-6-7-11(13)12(9-10)15(16)17/h6-7,9,14H,2-5,8,13H2,1H3. The predicted octanol–water partition coefficient (Wildman–Crippen LogP) is 2.04. The average molecular weight is 301 g/mol. The molecule has 1 aromatic carbocycles. The topological polar surface area (TPSA) is 115 Å². The molecule has 0 amide bonds. The molecule has 0 unspecified atom stereocenters. The van der Waals surface area contributed by atoms with Crippen LogP contribution in [-0.4, -0.2) is 19.9 Å². The van der Waals surface area contributed by atoms with Crippen molar-refractivity contribution >= 4 is 21.4 Å². The lowest BCUT2D eigenvalue weighted by Crippen LogP contribution is -2.24. The maximum atomic E-state index is 12.0. The molecular formula is C12H19N3O4S. The van der Waals surface area contributed by atoms with E-state index in [1.165, 1.54) is 12.1 Å². The van der Waals surface area contributed by atoms with Gasteiger partial charge < -0.3 is 5.73 Å². The third-order valence-electron chi connectivity index (χ3n) is 2.83. The first-order valence-corrected chi connectivity index (χ1v) is 7.90. The zero-order valence-corrected chi connectivity index (χ0v) is 12.1. The number of nitrogens with two attached hydrogens (primary N) is 1. The van der Waals surface area contributed by atoms with Crippen LogP contribution in [0.2, 0.25) is 0 Å². The highest BCUT2D eigenvalue weighted by Gasteiger charge is 2.19. The molecule has 0 fully saturated rings. The number of benzene rings is 1. The van der Waals surface area contributed by atoms with Gasteiger partial charge in [0.2, 0.25) is 10.0 Å². The number of sulfonamides is 1. The van der Waals surface area contributed by atoms with Crippen LogP contribution < -0.4 is 10.5 Å². The molecule has 1 rings (SSSR count). The molecule has 0 aliphatic carbocycles. The van der Waals surface area contributed by atoms with Crippen LogP contribution in [-0.2, 0) is 10.0 Å². The molecule has 0 spiro atoms. The van der Waals surface area contributed by atoms with Gasteiger partial charge in [0.1, 0.15) is 5.69 Å². The van der Waals surface area contributed by atoms with Gasteiger partial charge in [-0.25, -0.2) is 13.1 Å². The van der Waals surface area contributed by atoms with Gasteiger partial charge in [0.05, 0.1) is 9.82 Å². The molecule has 0 aromatic heterocycles. The van der Waals surface area contributed by atoms with Crippen molar-refractivity contribution in [2.45, 2.75) is 37.5 Å². The van der Waals surface area contributed by atoms with E-state index in [1.807, 2.05) is 0 Å². The number of hydrogen-bond donors (Lipinski definition) is 2. The molecule has 0 radical (unpaired) electrons. The zero-order chi connectivity index (χ0) is 15.2. The van der Waals surface area contributed by atoms with E-state index >= 15 is 0 Å². The average Bonchev–Trinajstić information content (AvgIpc) is 2.38. The number of nitrogens with one attached hydrogen (secondary N) is 1. The maximum absolute atomic E-state index is 12.0. The second kappa shape index (κ2) is 7.20. The van der Waals surface area contributed by atoms with Crippen LogP contribution in [0.5, 0.6) is 0 Å². The van der Waals surface area contributed by atoms with E-state index in [-0.39, 0.29) is 10.6 Å². The number of nitrogens with zero attached hydrogens (tertiary/aromatic N) is 1. The van der Waals surface area contributed by atoms with Crippen LogP contribution in [0.4, 0.5) is 11.4 Å². The summed E-state index contributed by atoms with van der Waals surface area (Å²) in [6.45, 7) is 2.39. The Labute approximate surface area is 118 Å². The Bertz CT molecular complexity index is 572. The van der Waals surface area contributed by atoms with Crippen LogP contribution in [0.1, 0.15) is 32.6 Å². The van der Waals surface area contributed by atoms with Crippen molar-refractivity contribution in [2.24, 2.45) is 0 Å². The van der Waals surface area contributed by atoms with Crippen LogP contribution >= 0.6 is 0 Å². The van der Waals surface area contributed by atoms with Gasteiger partial charge in [-0.2, -0.15) is 0 Å². The van der Waals surface area contributed by atoms with Gasteiger partial charge in [0.25, 0.3) is 5.69 Å². The van der Waals surface area contributed by atoms with E-state index in [1.54, 1.807) is 0 Å². The molecule has 112 valence electrons. The van der Waals surface area contributed by atoms with Crippen LogP contribution in [0, 0.1) is 10.1 Å². The monoisotopic (exact) mass is 301 g/mol. The summed E-state index contributed by atoms with van der Waals surface area (Å²) in [4.78, 5) is 9.90. The summed E-state index contributed by atoms with van der Waals surface area (Å²) in [5.41, 5.74) is 4.97. The molecule has 0 heterocycles. The highest BCUT2D eigenvalue weighted by Crippen LogP contribution is 2.24. The van der Waals surface area contributed by atoms with Gasteiger partial charge in [-0.05, 0) is 18.6 Å². The fourth-order valence-corrected chi connectivity index (χ4v) is 2.78. The van der Waals surface area contributed by atoms with Gasteiger partial charge in [0.15, 0.2) is 0 Å². The first-order valence-electron chi connectivity index (χ1n) is 6.42. The summed E-state index contributed by atoms with van der Waals surface area (Å²) in [6.07, 6.45) is 3.80. The highest BCUT2D eigenvalue weighted by atomic mass is 32.2. The number of nitro groups is 1. The number of anilines is 1. The summed E-state index contributed by atoms with van der Waals surface area (Å²) >= 11 is 0. The maximum Gasteiger partial charge on any atom is 0.293 e. The third kappa shape index (κ3) is 4.46. The highest BCUT2D eigenvalue weighted by molar-refractivity contribution is 7.89. The van der Waals surface area contributed by atoms with Crippen LogP contribution in [0.3, 0.4) is 0 Å². The molecular weight excluding hydrogens is 282 g/mol. The molecule has 20 heavy (non-hydrogen) atoms. The largest absolute Gasteiger partial charge is 0.393 e. The fraction of sp³-hybridized carbons (Fsp3) is 0.500. The minimum absolute atomic E-state index is 0.0584. The van der Waals surface area contributed by atoms with E-state index in [0.717, 1.165) is 31.7 Å². The Hall–Kier alpha value is -1.67. The van der Waals surface area contributed by atoms with Crippen molar-refractivity contribution in [3.63, 3.8) is 0 Å². The van der Waals surface area contributed by atoms with Crippen molar-refractivity contribution in [3.05, 3.63) is 28.3 Å². The first kappa shape index (κ1) is 16.4. The van der Waals surface area contributed by atoms with Gasteiger partial charge in [-0.1, -0.05) is 26.2 Å². The summed E-state index contributed by atoms with van der Waals surface area (Å²) in [5, 5.41) is 10.7. The lowest BCUT2D eigenvalue weighted by Gasteiger charge is -2.07. The SMILES string of the molecule is CCCCCCNS(=O)(=O)c1ccc(N)c([N+](=O)[O-])c1. The molecule has 3 N–H and O–H groups in total. The van der Waals surface area contributed by atoms with Gasteiger partial charge in [0, 0.05) is 12.6 Å². The molecule has 0 bridgehead atoms. The fourth-order valence-electron chi connectivity index (χ4n) is 1.69. The predicted molar refractivity (Wildman–Crippen MR) is 76.8 cm³/mol. The van der Waals surface area contributed by atoms with E-state index in [9.17, 15) is 18.5 Å². The van der Waals surface area contributed by atoms with Crippen molar-refractivity contribution in [2.75, 3.05) is 12.3 Å². The quantitative estimate of drug-likeness (QED) is 0.330. The van der Waals surface area contributed by atoms with Crippen LogP contribution in [0.25, 0.3) is 0 Å². The van der Waals surface area contributed by atoms with Crippen LogP contribution in [0.15, 0.2) is 23.1 Å². The Morgan fingerprint density at radius 1 is 1.30 bits per heavy atom. The van der Waals surface area contributed by atoms with E-state index in [2.05, 4.69) is 11.6 Å². The number of rotatable bonds is 8. The van der Waals surface area contributed by atoms with Crippen molar-refractivity contribution in [1.82, 2.24) is 4.72 Å². The molecule has 0 aliphatic heterocycles. The summed E-state index contributed by atoms with van der Waals surface area (Å²) < 4.78 is 26.4. The second-order valence-corrected chi connectivity index (χ2v) is 6.20. The molecule has 0 saturated carbocycles. The summed E-state index contributed by atoms with van der Waals surface area (Å²) in [7, 11) is -3.73. The van der Waals surface area contributed by atoms with E-state index < -0.39 is 20.6 Å². The minimum Gasteiger partial charge on any atom is -0.393 e. The second-order valence-electron chi connectivity index (χ2n) is 4.44. The first-order chi connectivity index (χ1) is 9.38. The number of nitro benzene ring substituents is 1. The molecule has 7 nitrogen and oxygen atoms in total. The van der Waals surface area contributed by atoms with Gasteiger partial charge in [-0.3, -0.25) is 10.1 Å². The third-order valence-corrected chi connectivity index (χ3v) is 4.29. The van der Waals surface area contributed by atoms with Crippen molar-refractivity contribution < 1.29 is 13.3 Å². The van der Waals surface area contributed by atoms with Crippen molar-refractivity contribution in [1.29, 1.82) is 0 Å². The smallest absolute Gasteiger partial charge is 0.293 e. The Morgan fingerprint density at radius 3 is 2.60 bits per heavy atom. The molecule has 0 saturated heterocycles. The number of unbranched alkanes of at least 4 members (excludes halogenated alkanes) is 3. The Kier molecular flexibility index (Phi) is 5.90. The summed E-state index contributed by atoms with van der Waals surface area (Å²) in [5.74, 6) is 0. The Morgan fingerprint density at radius 2 is 2.00 bits per heavy atom. The molecule has 0 aliphatic rings. The molecule has 8 heteroatoms. The molecule has 0 atom stereocenters. The summed E-state index contributed by atoms with van der Waals surface area (Å²) in [6, 6.07) is 3.46. The molecule has 1 aromatic rings. The van der Waals surface area contributed by atoms with Gasteiger partial charge >= 0.3 is 0 Å². The lowest BCUT2D eigenvalue weighted by molar-refractivity contribution is -0.384. The Balaban J connectivity index is 2.77. The van der Waals surface area contributed by atoms with Crippen molar-refractivity contribution in [3.8, 4) is 0 Å². The lowest BCUT2D eigenvalue weighted by atomic mass is 10.2. The van der Waals surface area contributed by atoms with Gasteiger partial charge in [-0.15, -0.1) is 0 Å². The normalized spacial score (nSPS) is 11.4. The minimum atomic E-state index is -3.73. The number of nitrogen functional groups attached to an aromatic ring is 1. The van der Waals surface area contributed by atoms with E-state index in [4.69, 9.17) is 5.73 Å². The zero-order valence-electron chi connectivity index (χ0n) is 11.3. The van der Waals surface area contributed by atoms with E-state index in [0.29, 0.717) is 6.54 Å². The number of hydrogen-bond acceptors (Lipinski definition) is 5.